The third-order valence-corrected chi connectivity index (χ3v) is 8.83. The fraction of sp³-hybridized carbons (Fsp3) is 0.406. The van der Waals surface area contributed by atoms with Gasteiger partial charge in [-0.3, -0.25) is 0 Å². The molecule has 1 saturated carbocycles. The zero-order chi connectivity index (χ0) is 26.3. The Labute approximate surface area is 229 Å². The van der Waals surface area contributed by atoms with E-state index in [0.29, 0.717) is 5.82 Å². The third-order valence-electron chi connectivity index (χ3n) is 8.83. The number of H-pyrrole nitrogens is 1. The minimum absolute atomic E-state index is 0.262. The first kappa shape index (κ1) is 24.2. The van der Waals surface area contributed by atoms with Gasteiger partial charge in [0.2, 0.25) is 5.82 Å². The van der Waals surface area contributed by atoms with Gasteiger partial charge >= 0.3 is 0 Å². The van der Waals surface area contributed by atoms with Crippen molar-refractivity contribution in [2.45, 2.75) is 77.7 Å². The Hall–Kier alpha value is -3.87. The van der Waals surface area contributed by atoms with Crippen molar-refractivity contribution < 1.29 is 0 Å². The maximum atomic E-state index is 5.30. The van der Waals surface area contributed by atoms with E-state index in [0.717, 1.165) is 59.7 Å². The quantitative estimate of drug-likeness (QED) is 0.267. The molecule has 2 aromatic carbocycles. The lowest BCUT2D eigenvalue weighted by Gasteiger charge is -2.22. The highest BCUT2D eigenvalue weighted by Gasteiger charge is 2.29. The van der Waals surface area contributed by atoms with Crippen molar-refractivity contribution >= 4 is 11.2 Å². The molecule has 7 heteroatoms. The van der Waals surface area contributed by atoms with Crippen LogP contribution in [-0.2, 0) is 19.3 Å². The largest absolute Gasteiger partial charge is 0.305 e. The van der Waals surface area contributed by atoms with E-state index in [-0.39, 0.29) is 6.04 Å². The Morgan fingerprint density at radius 2 is 1.79 bits per heavy atom. The summed E-state index contributed by atoms with van der Waals surface area (Å²) in [5.41, 5.74) is 10.7. The van der Waals surface area contributed by atoms with Gasteiger partial charge in [-0.25, -0.2) is 9.97 Å². The van der Waals surface area contributed by atoms with E-state index in [4.69, 9.17) is 9.97 Å². The van der Waals surface area contributed by atoms with Crippen molar-refractivity contribution in [3.8, 4) is 22.5 Å². The van der Waals surface area contributed by atoms with E-state index in [1.165, 1.54) is 60.1 Å². The van der Waals surface area contributed by atoms with Gasteiger partial charge in [-0.05, 0) is 71.2 Å². The molecule has 1 atom stereocenters. The lowest BCUT2D eigenvalue weighted by Crippen LogP contribution is -2.13. The van der Waals surface area contributed by atoms with Crippen molar-refractivity contribution in [3.63, 3.8) is 0 Å². The molecule has 2 aliphatic carbocycles. The number of hydrogen-bond donors (Lipinski definition) is 1. The molecule has 1 fully saturated rings. The van der Waals surface area contributed by atoms with Gasteiger partial charge in [-0.15, -0.1) is 10.2 Å². The molecule has 0 bridgehead atoms. The van der Waals surface area contributed by atoms with Crippen molar-refractivity contribution in [2.75, 3.05) is 0 Å². The van der Waals surface area contributed by atoms with Gasteiger partial charge in [-0.2, -0.15) is 5.21 Å². The molecular weight excluding hydrogens is 482 g/mol. The number of pyridine rings is 1. The van der Waals surface area contributed by atoms with Gasteiger partial charge < -0.3 is 4.57 Å². The standard InChI is InChI=1S/C32H35N7/c1-3-29-34-30-20(2)17-24(18-21-9-5-4-6-10-21)33-32(30)39(29)28-16-14-23-19-22(13-15-26(23)28)25-11-7-8-12-27(25)31-35-37-38-36-31/h7-8,11-13,15,17,19,21,28H,3-6,9-10,14,16,18H2,1-2H3,(H,35,36,37,38)/t28-/m0/s1. The summed E-state index contributed by atoms with van der Waals surface area (Å²) in [5.74, 6) is 2.53. The summed E-state index contributed by atoms with van der Waals surface area (Å²) in [6.45, 7) is 4.42. The van der Waals surface area contributed by atoms with Crippen LogP contribution in [0.1, 0.15) is 79.7 Å². The van der Waals surface area contributed by atoms with Gasteiger partial charge in [0, 0.05) is 17.7 Å². The molecule has 7 nitrogen and oxygen atoms in total. The smallest absolute Gasteiger partial charge is 0.205 e. The minimum atomic E-state index is 0.262. The summed E-state index contributed by atoms with van der Waals surface area (Å²) in [7, 11) is 0. The monoisotopic (exact) mass is 517 g/mol. The topological polar surface area (TPSA) is 85.2 Å². The predicted octanol–water partition coefficient (Wildman–Crippen LogP) is 6.81. The molecule has 0 aliphatic heterocycles. The molecule has 0 saturated heterocycles. The molecule has 5 aromatic rings. The molecule has 7 rings (SSSR count). The number of aryl methyl sites for hydroxylation is 3. The summed E-state index contributed by atoms with van der Waals surface area (Å²) >= 11 is 0. The van der Waals surface area contributed by atoms with Crippen LogP contribution in [-0.4, -0.2) is 35.2 Å². The summed E-state index contributed by atoms with van der Waals surface area (Å²) in [6.07, 6.45) is 10.9. The second-order valence-electron chi connectivity index (χ2n) is 11.3. The lowest BCUT2D eigenvalue weighted by molar-refractivity contribution is 0.354. The number of tetrazole rings is 1. The summed E-state index contributed by atoms with van der Waals surface area (Å²) in [5, 5.41) is 14.8. The van der Waals surface area contributed by atoms with Crippen molar-refractivity contribution in [2.24, 2.45) is 5.92 Å². The zero-order valence-electron chi connectivity index (χ0n) is 22.8. The van der Waals surface area contributed by atoms with E-state index >= 15 is 0 Å². The number of fused-ring (bicyclic) bond motifs is 2. The Kier molecular flexibility index (Phi) is 6.22. The first-order chi connectivity index (χ1) is 19.2. The van der Waals surface area contributed by atoms with Crippen LogP contribution in [0, 0.1) is 12.8 Å². The number of nitrogens with zero attached hydrogens (tertiary/aromatic N) is 6. The maximum Gasteiger partial charge on any atom is 0.205 e. The highest BCUT2D eigenvalue weighted by atomic mass is 15.5. The molecule has 39 heavy (non-hydrogen) atoms. The highest BCUT2D eigenvalue weighted by Crippen LogP contribution is 2.40. The fourth-order valence-electron chi connectivity index (χ4n) is 6.93. The van der Waals surface area contributed by atoms with Crippen LogP contribution >= 0.6 is 0 Å². The molecule has 3 aromatic heterocycles. The first-order valence-corrected chi connectivity index (χ1v) is 14.5. The van der Waals surface area contributed by atoms with Gasteiger partial charge in [0.25, 0.3) is 0 Å². The van der Waals surface area contributed by atoms with Crippen LogP contribution in [0.25, 0.3) is 33.7 Å². The SMILES string of the molecule is CCc1nc2c(C)cc(CC3CCCCC3)nc2n1[C@H]1CCc2cc(-c3ccccc3-c3nn[nH]n3)ccc21. The van der Waals surface area contributed by atoms with E-state index in [1.807, 2.05) is 6.07 Å². The second kappa shape index (κ2) is 10.0. The van der Waals surface area contributed by atoms with Crippen molar-refractivity contribution in [1.82, 2.24) is 35.2 Å². The highest BCUT2D eigenvalue weighted by molar-refractivity contribution is 5.81. The molecule has 0 unspecified atom stereocenters. The summed E-state index contributed by atoms with van der Waals surface area (Å²) < 4.78 is 2.46. The maximum absolute atomic E-state index is 5.30. The average molecular weight is 518 g/mol. The van der Waals surface area contributed by atoms with Crippen LogP contribution in [0.4, 0.5) is 0 Å². The fourth-order valence-corrected chi connectivity index (χ4v) is 6.93. The van der Waals surface area contributed by atoms with Gasteiger partial charge in [0.1, 0.15) is 11.3 Å². The zero-order valence-corrected chi connectivity index (χ0v) is 22.8. The normalized spacial score (nSPS) is 17.6. The van der Waals surface area contributed by atoms with Crippen LogP contribution in [0.2, 0.25) is 0 Å². The molecule has 1 N–H and O–H groups in total. The molecule has 0 amide bonds. The summed E-state index contributed by atoms with van der Waals surface area (Å²) in [4.78, 5) is 10.4. The number of aromatic amines is 1. The van der Waals surface area contributed by atoms with Crippen molar-refractivity contribution in [1.29, 1.82) is 0 Å². The van der Waals surface area contributed by atoms with Crippen molar-refractivity contribution in [3.05, 3.63) is 76.7 Å². The molecule has 0 spiro atoms. The Balaban J connectivity index is 1.27. The van der Waals surface area contributed by atoms with E-state index in [1.54, 1.807) is 0 Å². The lowest BCUT2D eigenvalue weighted by atomic mass is 9.86. The second-order valence-corrected chi connectivity index (χ2v) is 11.3. The summed E-state index contributed by atoms with van der Waals surface area (Å²) in [6, 6.07) is 17.8. The van der Waals surface area contributed by atoms with Gasteiger partial charge in [-0.1, -0.05) is 81.5 Å². The average Bonchev–Trinajstić information content (AvgIpc) is 3.72. The number of imidazole rings is 1. The van der Waals surface area contributed by atoms with Crippen LogP contribution in [0.5, 0.6) is 0 Å². The Morgan fingerprint density at radius 1 is 0.949 bits per heavy atom. The number of benzene rings is 2. The van der Waals surface area contributed by atoms with Gasteiger partial charge in [0.15, 0.2) is 5.65 Å². The Bertz CT molecular complexity index is 1630. The number of rotatable bonds is 6. The van der Waals surface area contributed by atoms with Crippen LogP contribution < -0.4 is 0 Å². The van der Waals surface area contributed by atoms with Crippen LogP contribution in [0.15, 0.2) is 48.5 Å². The van der Waals surface area contributed by atoms with E-state index in [2.05, 4.69) is 81.5 Å². The number of aromatic nitrogens is 7. The van der Waals surface area contributed by atoms with E-state index < -0.39 is 0 Å². The molecule has 198 valence electrons. The number of hydrogen-bond acceptors (Lipinski definition) is 5. The first-order valence-electron chi connectivity index (χ1n) is 14.5. The predicted molar refractivity (Wildman–Crippen MR) is 153 cm³/mol. The number of nitrogens with one attached hydrogen (secondary N) is 1. The van der Waals surface area contributed by atoms with Gasteiger partial charge in [0.05, 0.1) is 6.04 Å². The Morgan fingerprint density at radius 3 is 2.59 bits per heavy atom. The molecular formula is C32H35N7. The van der Waals surface area contributed by atoms with Crippen LogP contribution in [0.3, 0.4) is 0 Å². The van der Waals surface area contributed by atoms with E-state index in [9.17, 15) is 0 Å². The molecule has 2 aliphatic rings. The minimum Gasteiger partial charge on any atom is -0.305 e. The molecule has 0 radical (unpaired) electrons. The third kappa shape index (κ3) is 4.34. The molecule has 3 heterocycles.